The monoisotopic (exact) mass is 458 g/mol. The number of fused-ring (bicyclic) bond motifs is 3. The van der Waals surface area contributed by atoms with Crippen LogP contribution in [0.25, 0.3) is 16.9 Å². The van der Waals surface area contributed by atoms with Gasteiger partial charge < -0.3 is 9.47 Å². The van der Waals surface area contributed by atoms with Crippen LogP contribution in [-0.2, 0) is 27.9 Å². The third-order valence-corrected chi connectivity index (χ3v) is 6.82. The fourth-order valence-corrected chi connectivity index (χ4v) is 5.26. The lowest BCUT2D eigenvalue weighted by Gasteiger charge is -2.18. The van der Waals surface area contributed by atoms with Gasteiger partial charge in [0.2, 0.25) is 0 Å². The zero-order chi connectivity index (χ0) is 22.8. The fourth-order valence-electron chi connectivity index (χ4n) is 3.93. The first-order chi connectivity index (χ1) is 16.2. The first-order valence-electron chi connectivity index (χ1n) is 10.7. The van der Waals surface area contributed by atoms with E-state index in [0.717, 1.165) is 27.4 Å². The van der Waals surface area contributed by atoms with Gasteiger partial charge in [0.1, 0.15) is 12.4 Å². The van der Waals surface area contributed by atoms with E-state index < -0.39 is 16.8 Å². The number of carbonyl (C=O) groups excluding carboxylic acids is 1. The number of benzene rings is 3. The molecular weight excluding hydrogens is 436 g/mol. The van der Waals surface area contributed by atoms with Crippen LogP contribution in [0, 0.1) is 0 Å². The summed E-state index contributed by atoms with van der Waals surface area (Å²) in [5, 5.41) is 4.63. The lowest BCUT2D eigenvalue weighted by Crippen LogP contribution is -2.12. The van der Waals surface area contributed by atoms with E-state index in [-0.39, 0.29) is 18.1 Å². The molecule has 1 unspecified atom stereocenters. The molecule has 0 fully saturated rings. The van der Waals surface area contributed by atoms with Crippen LogP contribution in [0.2, 0.25) is 0 Å². The Balaban J connectivity index is 1.59. The van der Waals surface area contributed by atoms with Crippen LogP contribution < -0.4 is 4.74 Å². The Morgan fingerprint density at radius 2 is 1.82 bits per heavy atom. The van der Waals surface area contributed by atoms with Crippen molar-refractivity contribution in [3.05, 3.63) is 95.7 Å². The standard InChI is InChI=1S/C26H22N2O4S/c1-2-31-26(29)24-22-17-33(30)23-14-7-6-13-21(23)25(22)28(27-24)19-11-8-12-20(15-19)32-16-18-9-4-3-5-10-18/h3-15H,2,16-17H2,1H3. The summed E-state index contributed by atoms with van der Waals surface area (Å²) in [5.74, 6) is 0.386. The third-order valence-electron chi connectivity index (χ3n) is 5.43. The van der Waals surface area contributed by atoms with Crippen LogP contribution in [0.5, 0.6) is 5.75 Å². The highest BCUT2D eigenvalue weighted by molar-refractivity contribution is 7.84. The molecule has 0 aliphatic carbocycles. The average molecular weight is 459 g/mol. The van der Waals surface area contributed by atoms with Gasteiger partial charge in [-0.15, -0.1) is 0 Å². The fraction of sp³-hybridized carbons (Fsp3) is 0.154. The molecule has 0 spiro atoms. The van der Waals surface area contributed by atoms with E-state index in [0.29, 0.717) is 17.9 Å². The Morgan fingerprint density at radius 3 is 2.64 bits per heavy atom. The minimum absolute atomic E-state index is 0.199. The number of aromatic nitrogens is 2. The number of carbonyl (C=O) groups is 1. The first kappa shape index (κ1) is 21.2. The third kappa shape index (κ3) is 4.07. The molecular formula is C26H22N2O4S. The van der Waals surface area contributed by atoms with Crippen molar-refractivity contribution in [2.24, 2.45) is 0 Å². The van der Waals surface area contributed by atoms with Gasteiger partial charge in [0.25, 0.3) is 0 Å². The lowest BCUT2D eigenvalue weighted by molar-refractivity contribution is 0.0518. The van der Waals surface area contributed by atoms with Gasteiger partial charge in [0.15, 0.2) is 5.69 Å². The van der Waals surface area contributed by atoms with Gasteiger partial charge in [-0.05, 0) is 30.7 Å². The molecule has 33 heavy (non-hydrogen) atoms. The normalized spacial score (nSPS) is 14.3. The molecule has 0 saturated carbocycles. The number of esters is 1. The van der Waals surface area contributed by atoms with Crippen LogP contribution in [0.15, 0.2) is 83.8 Å². The molecule has 0 saturated heterocycles. The molecule has 4 aromatic rings. The van der Waals surface area contributed by atoms with E-state index in [2.05, 4.69) is 5.10 Å². The van der Waals surface area contributed by atoms with Crippen molar-refractivity contribution in [1.82, 2.24) is 9.78 Å². The topological polar surface area (TPSA) is 70.4 Å². The molecule has 5 rings (SSSR count). The van der Waals surface area contributed by atoms with Crippen molar-refractivity contribution in [1.29, 1.82) is 0 Å². The van der Waals surface area contributed by atoms with Crippen molar-refractivity contribution in [2.45, 2.75) is 24.2 Å². The number of hydrogen-bond donors (Lipinski definition) is 0. The maximum atomic E-state index is 12.9. The summed E-state index contributed by atoms with van der Waals surface area (Å²) in [6, 6.07) is 25.0. The van der Waals surface area contributed by atoms with Crippen LogP contribution in [0.3, 0.4) is 0 Å². The van der Waals surface area contributed by atoms with Gasteiger partial charge in [-0.2, -0.15) is 5.10 Å². The summed E-state index contributed by atoms with van der Waals surface area (Å²) in [6.45, 7) is 2.43. The summed E-state index contributed by atoms with van der Waals surface area (Å²) in [5.41, 5.74) is 4.21. The van der Waals surface area contributed by atoms with E-state index in [1.165, 1.54) is 0 Å². The first-order valence-corrected chi connectivity index (χ1v) is 12.0. The average Bonchev–Trinajstić information content (AvgIpc) is 3.24. The molecule has 0 amide bonds. The molecule has 0 radical (unpaired) electrons. The lowest BCUT2D eigenvalue weighted by atomic mass is 10.1. The van der Waals surface area contributed by atoms with Crippen molar-refractivity contribution in [3.8, 4) is 22.7 Å². The molecule has 7 heteroatoms. The van der Waals surface area contributed by atoms with Crippen LogP contribution in [-0.4, -0.2) is 26.6 Å². The van der Waals surface area contributed by atoms with Crippen molar-refractivity contribution in [2.75, 3.05) is 6.61 Å². The van der Waals surface area contributed by atoms with Crippen LogP contribution in [0.4, 0.5) is 0 Å². The molecule has 166 valence electrons. The second-order valence-corrected chi connectivity index (χ2v) is 8.99. The Kier molecular flexibility index (Phi) is 5.79. The number of rotatable bonds is 6. The molecule has 1 atom stereocenters. The maximum Gasteiger partial charge on any atom is 0.359 e. The van der Waals surface area contributed by atoms with Gasteiger partial charge in [-0.3, -0.25) is 4.21 Å². The smallest absolute Gasteiger partial charge is 0.359 e. The largest absolute Gasteiger partial charge is 0.489 e. The van der Waals surface area contributed by atoms with E-state index in [4.69, 9.17) is 9.47 Å². The second-order valence-electron chi connectivity index (χ2n) is 7.57. The van der Waals surface area contributed by atoms with Crippen molar-refractivity contribution < 1.29 is 18.5 Å². The summed E-state index contributed by atoms with van der Waals surface area (Å²) in [7, 11) is -1.26. The minimum atomic E-state index is -1.26. The summed E-state index contributed by atoms with van der Waals surface area (Å²) >= 11 is 0. The summed E-state index contributed by atoms with van der Waals surface area (Å²) < 4.78 is 25.9. The van der Waals surface area contributed by atoms with Gasteiger partial charge >= 0.3 is 5.97 Å². The van der Waals surface area contributed by atoms with Crippen molar-refractivity contribution >= 4 is 16.8 Å². The minimum Gasteiger partial charge on any atom is -0.489 e. The molecule has 2 heterocycles. The zero-order valence-electron chi connectivity index (χ0n) is 18.1. The molecule has 0 N–H and O–H groups in total. The SMILES string of the molecule is CCOC(=O)c1nn(-c2cccc(OCc3ccccc3)c2)c2c1CS(=O)c1ccccc1-2. The number of ether oxygens (including phenoxy) is 2. The van der Waals surface area contributed by atoms with E-state index in [1.54, 1.807) is 11.6 Å². The van der Waals surface area contributed by atoms with Crippen molar-refractivity contribution in [3.63, 3.8) is 0 Å². The van der Waals surface area contributed by atoms with Crippen LogP contribution >= 0.6 is 0 Å². The quantitative estimate of drug-likeness (QED) is 0.384. The number of nitrogens with zero attached hydrogens (tertiary/aromatic N) is 2. The second kappa shape index (κ2) is 9.03. The Bertz CT molecular complexity index is 1350. The van der Waals surface area contributed by atoms with E-state index in [9.17, 15) is 9.00 Å². The highest BCUT2D eigenvalue weighted by Gasteiger charge is 2.32. The molecule has 0 bridgehead atoms. The van der Waals surface area contributed by atoms with E-state index >= 15 is 0 Å². The van der Waals surface area contributed by atoms with Crippen LogP contribution in [0.1, 0.15) is 28.5 Å². The van der Waals surface area contributed by atoms with Gasteiger partial charge in [0, 0.05) is 22.1 Å². The molecule has 1 aromatic heterocycles. The Labute approximate surface area is 194 Å². The van der Waals surface area contributed by atoms with Gasteiger partial charge in [-0.25, -0.2) is 9.48 Å². The van der Waals surface area contributed by atoms with Gasteiger partial charge in [0.05, 0.1) is 34.5 Å². The van der Waals surface area contributed by atoms with E-state index in [1.807, 2.05) is 78.9 Å². The molecule has 1 aliphatic heterocycles. The molecule has 1 aliphatic rings. The predicted molar refractivity (Wildman–Crippen MR) is 126 cm³/mol. The molecule has 6 nitrogen and oxygen atoms in total. The summed E-state index contributed by atoms with van der Waals surface area (Å²) in [6.07, 6.45) is 0. The predicted octanol–water partition coefficient (Wildman–Crippen LogP) is 4.92. The highest BCUT2D eigenvalue weighted by Crippen LogP contribution is 2.39. The maximum absolute atomic E-state index is 12.9. The Morgan fingerprint density at radius 1 is 1.03 bits per heavy atom. The zero-order valence-corrected chi connectivity index (χ0v) is 18.9. The molecule has 3 aromatic carbocycles. The highest BCUT2D eigenvalue weighted by atomic mass is 32.2. The number of hydrogen-bond acceptors (Lipinski definition) is 5. The van der Waals surface area contributed by atoms with Gasteiger partial charge in [-0.1, -0.05) is 54.6 Å². The summed E-state index contributed by atoms with van der Waals surface area (Å²) in [4.78, 5) is 13.4. The Hall–Kier alpha value is -3.71.